The Kier molecular flexibility index (Phi) is 7.08. The van der Waals surface area contributed by atoms with Crippen LogP contribution in [0.2, 0.25) is 0 Å². The molecule has 1 fully saturated rings. The van der Waals surface area contributed by atoms with Gasteiger partial charge in [-0.25, -0.2) is 0 Å². The predicted molar refractivity (Wildman–Crippen MR) is 102 cm³/mol. The number of rotatable bonds is 8. The van der Waals surface area contributed by atoms with Crippen molar-refractivity contribution in [3.8, 4) is 0 Å². The number of ether oxygens (including phenoxy) is 2. The maximum absolute atomic E-state index is 11.1. The summed E-state index contributed by atoms with van der Waals surface area (Å²) in [4.78, 5) is 0. The van der Waals surface area contributed by atoms with E-state index in [0.29, 0.717) is 32.1 Å². The highest BCUT2D eigenvalue weighted by Gasteiger charge is 2.54. The molecule has 1 saturated heterocycles. The van der Waals surface area contributed by atoms with Crippen LogP contribution in [-0.2, 0) is 15.9 Å². The van der Waals surface area contributed by atoms with E-state index in [0.717, 1.165) is 10.0 Å². The van der Waals surface area contributed by atoms with E-state index >= 15 is 0 Å². The highest BCUT2D eigenvalue weighted by Crippen LogP contribution is 2.40. The molecule has 5 heteroatoms. The third-order valence-electron chi connectivity index (χ3n) is 5.72. The van der Waals surface area contributed by atoms with E-state index in [1.165, 1.54) is 0 Å². The van der Waals surface area contributed by atoms with Crippen molar-refractivity contribution in [3.63, 3.8) is 0 Å². The van der Waals surface area contributed by atoms with Crippen LogP contribution in [0.1, 0.15) is 58.9 Å². The van der Waals surface area contributed by atoms with Gasteiger partial charge in [-0.05, 0) is 37.3 Å². The fraction of sp³-hybridized carbons (Fsp3) is 0.700. The molecule has 1 heterocycles. The Hall–Kier alpha value is -0.460. The van der Waals surface area contributed by atoms with Gasteiger partial charge in [0.15, 0.2) is 6.29 Å². The molecule has 0 amide bonds. The van der Waals surface area contributed by atoms with E-state index in [9.17, 15) is 10.2 Å². The third kappa shape index (κ3) is 4.28. The molecule has 1 aliphatic rings. The molecule has 1 aromatic carbocycles. The van der Waals surface area contributed by atoms with Crippen LogP contribution < -0.4 is 0 Å². The van der Waals surface area contributed by atoms with Gasteiger partial charge in [0.1, 0.15) is 12.2 Å². The molecule has 1 aliphatic heterocycles. The minimum Gasteiger partial charge on any atom is -0.387 e. The summed E-state index contributed by atoms with van der Waals surface area (Å²) in [6, 6.07) is 7.96. The molecule has 2 rings (SSSR count). The van der Waals surface area contributed by atoms with Crippen molar-refractivity contribution in [1.29, 1.82) is 0 Å². The summed E-state index contributed by atoms with van der Waals surface area (Å²) in [6.45, 7) is 7.79. The Bertz CT molecular complexity index is 528. The molecule has 25 heavy (non-hydrogen) atoms. The summed E-state index contributed by atoms with van der Waals surface area (Å²) in [5.41, 5.74) is -0.933. The zero-order chi connectivity index (χ0) is 18.7. The van der Waals surface area contributed by atoms with Crippen molar-refractivity contribution in [3.05, 3.63) is 34.3 Å². The highest BCUT2D eigenvalue weighted by atomic mass is 79.9. The minimum absolute atomic E-state index is 0.483. The lowest BCUT2D eigenvalue weighted by molar-refractivity contribution is -0.138. The van der Waals surface area contributed by atoms with Gasteiger partial charge >= 0.3 is 0 Å². The zero-order valence-corrected chi connectivity index (χ0v) is 17.3. The number of benzene rings is 1. The van der Waals surface area contributed by atoms with Crippen LogP contribution >= 0.6 is 15.9 Å². The maximum Gasteiger partial charge on any atom is 0.162 e. The highest BCUT2D eigenvalue weighted by molar-refractivity contribution is 9.10. The summed E-state index contributed by atoms with van der Waals surface area (Å²) in [5, 5.41) is 22.1. The van der Waals surface area contributed by atoms with E-state index in [4.69, 9.17) is 9.47 Å². The van der Waals surface area contributed by atoms with Crippen molar-refractivity contribution in [2.75, 3.05) is 0 Å². The van der Waals surface area contributed by atoms with Crippen molar-refractivity contribution in [2.45, 2.75) is 89.5 Å². The lowest BCUT2D eigenvalue weighted by Gasteiger charge is -2.40. The molecule has 2 atom stereocenters. The fourth-order valence-electron chi connectivity index (χ4n) is 3.56. The molecule has 0 unspecified atom stereocenters. The van der Waals surface area contributed by atoms with Crippen molar-refractivity contribution >= 4 is 15.9 Å². The second kappa shape index (κ2) is 8.49. The van der Waals surface area contributed by atoms with Crippen LogP contribution in [0.4, 0.5) is 0 Å². The normalized spacial score (nSPS) is 22.5. The van der Waals surface area contributed by atoms with Crippen molar-refractivity contribution in [1.82, 2.24) is 0 Å². The SMILES string of the molecule is CCC(O)(CC)[C@@H]1OC(Cc2ccccc2Br)O[C@H]1C(O)(CC)CC. The maximum atomic E-state index is 11.1. The van der Waals surface area contributed by atoms with Crippen LogP contribution in [0, 0.1) is 0 Å². The van der Waals surface area contributed by atoms with Gasteiger partial charge in [0, 0.05) is 10.9 Å². The number of halogens is 1. The molecular formula is C20H31BrO4. The molecule has 0 radical (unpaired) electrons. The summed E-state index contributed by atoms with van der Waals surface area (Å²) in [7, 11) is 0. The van der Waals surface area contributed by atoms with Gasteiger partial charge in [0.25, 0.3) is 0 Å². The molecule has 0 spiro atoms. The molecule has 2 N–H and O–H groups in total. The average Bonchev–Trinajstić information content (AvgIpc) is 3.07. The standard InChI is InChI=1S/C20H31BrO4/c1-5-19(22,6-2)17-18(20(23,7-3)8-4)25-16(24-17)13-14-11-9-10-12-15(14)21/h9-12,16-18,22-23H,5-8,13H2,1-4H3/t17-,18-/m1/s1. The molecule has 4 nitrogen and oxygen atoms in total. The minimum atomic E-state index is -1.01. The molecule has 0 aliphatic carbocycles. The third-order valence-corrected chi connectivity index (χ3v) is 6.50. The molecule has 0 bridgehead atoms. The number of hydrogen-bond acceptors (Lipinski definition) is 4. The molecule has 1 aromatic rings. The number of aliphatic hydroxyl groups is 2. The summed E-state index contributed by atoms with van der Waals surface area (Å²) in [5.74, 6) is 0. The molecular weight excluding hydrogens is 384 g/mol. The largest absolute Gasteiger partial charge is 0.387 e. The van der Waals surface area contributed by atoms with Gasteiger partial charge < -0.3 is 19.7 Å². The van der Waals surface area contributed by atoms with E-state index < -0.39 is 29.7 Å². The quantitative estimate of drug-likeness (QED) is 0.668. The van der Waals surface area contributed by atoms with Crippen molar-refractivity contribution < 1.29 is 19.7 Å². The summed E-state index contributed by atoms with van der Waals surface area (Å²) in [6.07, 6.45) is 1.22. The van der Waals surface area contributed by atoms with E-state index in [-0.39, 0.29) is 0 Å². The lowest BCUT2D eigenvalue weighted by atomic mass is 9.79. The molecule has 142 valence electrons. The van der Waals surface area contributed by atoms with Gasteiger partial charge in [0.05, 0.1) is 11.2 Å². The fourth-order valence-corrected chi connectivity index (χ4v) is 4.01. The van der Waals surface area contributed by atoms with Gasteiger partial charge in [-0.3, -0.25) is 0 Å². The van der Waals surface area contributed by atoms with Gasteiger partial charge in [0.2, 0.25) is 0 Å². The smallest absolute Gasteiger partial charge is 0.162 e. The Morgan fingerprint density at radius 3 is 1.72 bits per heavy atom. The Labute approximate surface area is 159 Å². The van der Waals surface area contributed by atoms with Crippen LogP contribution in [0.25, 0.3) is 0 Å². The Morgan fingerprint density at radius 1 is 0.880 bits per heavy atom. The van der Waals surface area contributed by atoms with Crippen LogP contribution in [0.3, 0.4) is 0 Å². The van der Waals surface area contributed by atoms with E-state index in [1.54, 1.807) is 0 Å². The Balaban J connectivity index is 2.28. The van der Waals surface area contributed by atoms with Gasteiger partial charge in [-0.1, -0.05) is 61.8 Å². The van der Waals surface area contributed by atoms with Crippen LogP contribution in [0.5, 0.6) is 0 Å². The van der Waals surface area contributed by atoms with Crippen molar-refractivity contribution in [2.24, 2.45) is 0 Å². The van der Waals surface area contributed by atoms with E-state index in [1.807, 2.05) is 52.0 Å². The lowest BCUT2D eigenvalue weighted by Crippen LogP contribution is -2.56. The first kappa shape index (κ1) is 20.8. The number of hydrogen-bond donors (Lipinski definition) is 2. The van der Waals surface area contributed by atoms with Crippen LogP contribution in [-0.4, -0.2) is 39.9 Å². The molecule has 0 saturated carbocycles. The predicted octanol–water partition coefficient (Wildman–Crippen LogP) is 4.20. The second-order valence-electron chi connectivity index (χ2n) is 6.96. The summed E-state index contributed by atoms with van der Waals surface area (Å²) < 4.78 is 13.4. The van der Waals surface area contributed by atoms with Crippen LogP contribution in [0.15, 0.2) is 28.7 Å². The molecule has 0 aromatic heterocycles. The van der Waals surface area contributed by atoms with E-state index in [2.05, 4.69) is 15.9 Å². The zero-order valence-electron chi connectivity index (χ0n) is 15.7. The van der Waals surface area contributed by atoms with Gasteiger partial charge in [-0.2, -0.15) is 0 Å². The summed E-state index contributed by atoms with van der Waals surface area (Å²) >= 11 is 3.56. The monoisotopic (exact) mass is 414 g/mol. The second-order valence-corrected chi connectivity index (χ2v) is 7.81. The average molecular weight is 415 g/mol. The van der Waals surface area contributed by atoms with Gasteiger partial charge in [-0.15, -0.1) is 0 Å². The Morgan fingerprint density at radius 2 is 1.32 bits per heavy atom. The first-order chi connectivity index (χ1) is 11.8. The first-order valence-corrected chi connectivity index (χ1v) is 10.1. The topological polar surface area (TPSA) is 58.9 Å². The first-order valence-electron chi connectivity index (χ1n) is 9.32.